The molecule has 0 radical (unpaired) electrons. The lowest BCUT2D eigenvalue weighted by atomic mass is 10.1. The van der Waals surface area contributed by atoms with Gasteiger partial charge in [-0.15, -0.1) is 0 Å². The molecule has 1 aliphatic rings. The lowest BCUT2D eigenvalue weighted by molar-refractivity contribution is -0.137. The molecule has 1 heterocycles. The predicted molar refractivity (Wildman–Crippen MR) is 121 cm³/mol. The molecular weight excluding hydrogens is 457 g/mol. The van der Waals surface area contributed by atoms with E-state index in [1.165, 1.54) is 43.6 Å². The van der Waals surface area contributed by atoms with Crippen LogP contribution >= 0.6 is 12.2 Å². The SMILES string of the molecule is COc1cc2nccc(Oc3ccc(NC(=S)NC4CC4)c(C(F)(F)F)c3)c2cc1C(N)=O. The standard InChI is InChI=1S/C22H19F3N4O3S/c1-31-19-10-17-13(9-14(19)20(26)30)18(6-7-27-17)32-12-4-5-16(15(8-12)22(23,24)25)29-21(33)28-11-2-3-11/h4-11H,2-3H2,1H3,(H2,26,30)(H2,28,29,33). The molecule has 4 N–H and O–H groups in total. The maximum atomic E-state index is 13.7. The van der Waals surface area contributed by atoms with Gasteiger partial charge in [-0.3, -0.25) is 9.78 Å². The highest BCUT2D eigenvalue weighted by atomic mass is 32.1. The van der Waals surface area contributed by atoms with E-state index in [0.717, 1.165) is 18.9 Å². The van der Waals surface area contributed by atoms with Crippen molar-refractivity contribution in [1.29, 1.82) is 0 Å². The summed E-state index contributed by atoms with van der Waals surface area (Å²) in [6, 6.07) is 8.14. The molecule has 1 amide bonds. The number of rotatable bonds is 6. The van der Waals surface area contributed by atoms with E-state index in [9.17, 15) is 18.0 Å². The highest BCUT2D eigenvalue weighted by Crippen LogP contribution is 2.39. The number of hydrogen-bond donors (Lipinski definition) is 3. The average Bonchev–Trinajstić information content (AvgIpc) is 3.57. The van der Waals surface area contributed by atoms with Crippen molar-refractivity contribution in [2.75, 3.05) is 12.4 Å². The number of carbonyl (C=O) groups excluding carboxylic acids is 1. The number of pyridine rings is 1. The Morgan fingerprint density at radius 2 is 1.94 bits per heavy atom. The van der Waals surface area contributed by atoms with Gasteiger partial charge in [0.25, 0.3) is 5.91 Å². The maximum Gasteiger partial charge on any atom is 0.418 e. The van der Waals surface area contributed by atoms with E-state index < -0.39 is 17.6 Å². The van der Waals surface area contributed by atoms with Crippen molar-refractivity contribution in [3.05, 3.63) is 53.7 Å². The Hall–Kier alpha value is -3.60. The Morgan fingerprint density at radius 1 is 1.18 bits per heavy atom. The molecule has 1 aliphatic carbocycles. The van der Waals surface area contributed by atoms with E-state index in [1.54, 1.807) is 0 Å². The average molecular weight is 476 g/mol. The second-order valence-corrected chi connectivity index (χ2v) is 7.83. The van der Waals surface area contributed by atoms with E-state index in [0.29, 0.717) is 10.9 Å². The van der Waals surface area contributed by atoms with Crippen LogP contribution in [0.15, 0.2) is 42.6 Å². The molecule has 0 bridgehead atoms. The molecule has 0 aliphatic heterocycles. The van der Waals surface area contributed by atoms with Crippen LogP contribution in [0.2, 0.25) is 0 Å². The van der Waals surface area contributed by atoms with Crippen molar-refractivity contribution >= 4 is 39.8 Å². The molecule has 172 valence electrons. The predicted octanol–water partition coefficient (Wildman–Crippen LogP) is 4.60. The number of nitrogens with two attached hydrogens (primary N) is 1. The summed E-state index contributed by atoms with van der Waals surface area (Å²) in [6.45, 7) is 0. The molecule has 0 atom stereocenters. The largest absolute Gasteiger partial charge is 0.496 e. The summed E-state index contributed by atoms with van der Waals surface area (Å²) in [5.74, 6) is -0.359. The molecule has 1 aromatic heterocycles. The first-order chi connectivity index (χ1) is 15.7. The van der Waals surface area contributed by atoms with Crippen molar-refractivity contribution in [3.63, 3.8) is 0 Å². The van der Waals surface area contributed by atoms with E-state index in [4.69, 9.17) is 27.4 Å². The van der Waals surface area contributed by atoms with Crippen LogP contribution in [0.4, 0.5) is 18.9 Å². The molecule has 1 saturated carbocycles. The number of hydrogen-bond acceptors (Lipinski definition) is 5. The zero-order chi connectivity index (χ0) is 23.8. The summed E-state index contributed by atoms with van der Waals surface area (Å²) >= 11 is 5.10. The van der Waals surface area contributed by atoms with Gasteiger partial charge in [0.05, 0.1) is 29.4 Å². The number of alkyl halides is 3. The number of thiocarbonyl (C=S) groups is 1. The van der Waals surface area contributed by atoms with Crippen molar-refractivity contribution in [2.24, 2.45) is 5.73 Å². The first kappa shape index (κ1) is 22.6. The Bertz CT molecular complexity index is 1250. The summed E-state index contributed by atoms with van der Waals surface area (Å²) in [5.41, 5.74) is 4.80. The number of benzene rings is 2. The molecule has 0 saturated heterocycles. The molecule has 4 rings (SSSR count). The van der Waals surface area contributed by atoms with Crippen LogP contribution in [-0.2, 0) is 6.18 Å². The molecule has 7 nitrogen and oxygen atoms in total. The zero-order valence-corrected chi connectivity index (χ0v) is 18.1. The quantitative estimate of drug-likeness (QED) is 0.447. The van der Waals surface area contributed by atoms with Gasteiger partial charge in [0.2, 0.25) is 0 Å². The van der Waals surface area contributed by atoms with E-state index in [-0.39, 0.29) is 39.7 Å². The third-order valence-corrected chi connectivity index (χ3v) is 5.19. The molecule has 1 fully saturated rings. The fourth-order valence-corrected chi connectivity index (χ4v) is 3.50. The number of primary amides is 1. The van der Waals surface area contributed by atoms with Gasteiger partial charge < -0.3 is 25.8 Å². The summed E-state index contributed by atoms with van der Waals surface area (Å²) in [4.78, 5) is 16.0. The third kappa shape index (κ3) is 5.08. The van der Waals surface area contributed by atoms with Gasteiger partial charge in [-0.1, -0.05) is 0 Å². The van der Waals surface area contributed by atoms with Crippen LogP contribution in [0.25, 0.3) is 10.9 Å². The summed E-state index contributed by atoms with van der Waals surface area (Å²) in [5, 5.41) is 6.07. The van der Waals surface area contributed by atoms with Crippen LogP contribution in [-0.4, -0.2) is 29.2 Å². The van der Waals surface area contributed by atoms with Crippen LogP contribution < -0.4 is 25.8 Å². The fourth-order valence-electron chi connectivity index (χ4n) is 3.23. The van der Waals surface area contributed by atoms with E-state index in [1.807, 2.05) is 0 Å². The number of halogens is 3. The fraction of sp³-hybridized carbons (Fsp3) is 0.227. The topological polar surface area (TPSA) is 98.5 Å². The minimum Gasteiger partial charge on any atom is -0.496 e. The van der Waals surface area contributed by atoms with Gasteiger partial charge in [-0.25, -0.2) is 0 Å². The number of amides is 1. The zero-order valence-electron chi connectivity index (χ0n) is 17.3. The molecule has 0 unspecified atom stereocenters. The normalized spacial score (nSPS) is 13.5. The van der Waals surface area contributed by atoms with Gasteiger partial charge in [-0.2, -0.15) is 13.2 Å². The number of methoxy groups -OCH3 is 1. The first-order valence-corrected chi connectivity index (χ1v) is 10.3. The highest BCUT2D eigenvalue weighted by molar-refractivity contribution is 7.80. The Balaban J connectivity index is 1.69. The molecule has 3 aromatic rings. The van der Waals surface area contributed by atoms with Crippen LogP contribution in [0.1, 0.15) is 28.8 Å². The highest BCUT2D eigenvalue weighted by Gasteiger charge is 2.35. The lowest BCUT2D eigenvalue weighted by Gasteiger charge is -2.18. The van der Waals surface area contributed by atoms with E-state index >= 15 is 0 Å². The van der Waals surface area contributed by atoms with Crippen LogP contribution in [0, 0.1) is 0 Å². The smallest absolute Gasteiger partial charge is 0.418 e. The van der Waals surface area contributed by atoms with Crippen molar-refractivity contribution < 1.29 is 27.4 Å². The summed E-state index contributed by atoms with van der Waals surface area (Å²) in [6.07, 6.45) is -1.35. The third-order valence-electron chi connectivity index (χ3n) is 4.97. The number of fused-ring (bicyclic) bond motifs is 1. The van der Waals surface area contributed by atoms with Gasteiger partial charge in [0.15, 0.2) is 5.11 Å². The summed E-state index contributed by atoms with van der Waals surface area (Å²) < 4.78 is 52.1. The van der Waals surface area contributed by atoms with Crippen LogP contribution in [0.5, 0.6) is 17.2 Å². The lowest BCUT2D eigenvalue weighted by Crippen LogP contribution is -2.31. The maximum absolute atomic E-state index is 13.7. The number of nitrogens with zero attached hydrogens (tertiary/aromatic N) is 1. The Kier molecular flexibility index (Phi) is 5.98. The minimum atomic E-state index is -4.65. The number of anilines is 1. The number of carbonyl (C=O) groups is 1. The minimum absolute atomic E-state index is 0.0575. The molecule has 33 heavy (non-hydrogen) atoms. The second kappa shape index (κ2) is 8.74. The number of nitrogens with one attached hydrogen (secondary N) is 2. The van der Waals surface area contributed by atoms with Gasteiger partial charge in [-0.05, 0) is 55.4 Å². The molecule has 2 aromatic carbocycles. The first-order valence-electron chi connectivity index (χ1n) is 9.89. The van der Waals surface area contributed by atoms with Crippen molar-refractivity contribution in [2.45, 2.75) is 25.1 Å². The van der Waals surface area contributed by atoms with E-state index in [2.05, 4.69) is 15.6 Å². The monoisotopic (exact) mass is 476 g/mol. The molecule has 11 heteroatoms. The Morgan fingerprint density at radius 3 is 2.58 bits per heavy atom. The summed E-state index contributed by atoms with van der Waals surface area (Å²) in [7, 11) is 1.38. The number of ether oxygens (including phenoxy) is 2. The van der Waals surface area contributed by atoms with Crippen molar-refractivity contribution in [3.8, 4) is 17.2 Å². The Labute approximate surface area is 192 Å². The van der Waals surface area contributed by atoms with Gasteiger partial charge in [0.1, 0.15) is 17.2 Å². The van der Waals surface area contributed by atoms with Gasteiger partial charge in [0, 0.05) is 23.7 Å². The second-order valence-electron chi connectivity index (χ2n) is 7.42. The van der Waals surface area contributed by atoms with Crippen LogP contribution in [0.3, 0.4) is 0 Å². The van der Waals surface area contributed by atoms with Crippen molar-refractivity contribution in [1.82, 2.24) is 10.3 Å². The molecule has 0 spiro atoms. The van der Waals surface area contributed by atoms with Gasteiger partial charge >= 0.3 is 6.18 Å². The number of aromatic nitrogens is 1. The molecular formula is C22H19F3N4O3S.